The summed E-state index contributed by atoms with van der Waals surface area (Å²) < 4.78 is 0. The Labute approximate surface area is 85.8 Å². The minimum atomic E-state index is 0.384. The number of carbonyl (C=O) groups is 1. The van der Waals surface area contributed by atoms with Gasteiger partial charge in [-0.05, 0) is 38.3 Å². The molecule has 2 saturated heterocycles. The van der Waals surface area contributed by atoms with Gasteiger partial charge in [0.1, 0.15) is 0 Å². The second kappa shape index (κ2) is 4.30. The molecule has 2 fully saturated rings. The Morgan fingerprint density at radius 2 is 2.36 bits per heavy atom. The van der Waals surface area contributed by atoms with E-state index in [0.717, 1.165) is 45.3 Å². The molecule has 2 aliphatic heterocycles. The predicted molar refractivity (Wildman–Crippen MR) is 56.0 cm³/mol. The van der Waals surface area contributed by atoms with Crippen LogP contribution in [0.2, 0.25) is 0 Å². The summed E-state index contributed by atoms with van der Waals surface area (Å²) in [4.78, 5) is 13.9. The van der Waals surface area contributed by atoms with Crippen molar-refractivity contribution in [1.82, 2.24) is 10.2 Å². The molecule has 1 amide bonds. The van der Waals surface area contributed by atoms with Gasteiger partial charge in [0.05, 0.1) is 0 Å². The number of amides is 1. The van der Waals surface area contributed by atoms with E-state index in [0.29, 0.717) is 17.9 Å². The Bertz CT molecular complexity index is 217. The van der Waals surface area contributed by atoms with Gasteiger partial charge >= 0.3 is 0 Å². The average Bonchev–Trinajstić information content (AvgIpc) is 2.23. The summed E-state index contributed by atoms with van der Waals surface area (Å²) in [5.74, 6) is 1.10. The van der Waals surface area contributed by atoms with Crippen LogP contribution in [0.4, 0.5) is 0 Å². The lowest BCUT2D eigenvalue weighted by Gasteiger charge is -2.44. The highest BCUT2D eigenvalue weighted by molar-refractivity contribution is 5.77. The van der Waals surface area contributed by atoms with Crippen LogP contribution in [0.15, 0.2) is 0 Å². The van der Waals surface area contributed by atoms with E-state index in [1.165, 1.54) is 0 Å². The van der Waals surface area contributed by atoms with E-state index in [9.17, 15) is 4.79 Å². The molecule has 80 valence electrons. The second-order valence-corrected chi connectivity index (χ2v) is 4.45. The highest BCUT2D eigenvalue weighted by Gasteiger charge is 2.36. The van der Waals surface area contributed by atoms with Crippen LogP contribution in [0.5, 0.6) is 0 Å². The van der Waals surface area contributed by atoms with Crippen LogP contribution in [0, 0.1) is 5.92 Å². The van der Waals surface area contributed by atoms with Gasteiger partial charge in [0, 0.05) is 19.0 Å². The number of rotatable bonds is 2. The molecule has 0 spiro atoms. The third-order valence-electron chi connectivity index (χ3n) is 3.48. The largest absolute Gasteiger partial charge is 0.339 e. The molecule has 0 aromatic heterocycles. The van der Waals surface area contributed by atoms with Crippen molar-refractivity contribution in [2.75, 3.05) is 19.6 Å². The Hall–Kier alpha value is -0.570. The van der Waals surface area contributed by atoms with Gasteiger partial charge in [-0.3, -0.25) is 4.79 Å². The standard InChI is InChI=1S/C11H20N2O/c1-2-7-13-10-5-6-12-8-9(10)3-4-11(13)14/h9-10,12H,2-8H2,1H3. The summed E-state index contributed by atoms with van der Waals surface area (Å²) in [6.45, 7) is 5.30. The van der Waals surface area contributed by atoms with E-state index in [1.54, 1.807) is 0 Å². The molecule has 0 bridgehead atoms. The fourth-order valence-corrected chi connectivity index (χ4v) is 2.78. The van der Waals surface area contributed by atoms with Crippen molar-refractivity contribution in [3.05, 3.63) is 0 Å². The third kappa shape index (κ3) is 1.78. The number of piperidine rings is 2. The van der Waals surface area contributed by atoms with E-state index in [4.69, 9.17) is 0 Å². The monoisotopic (exact) mass is 196 g/mol. The third-order valence-corrected chi connectivity index (χ3v) is 3.48. The molecule has 1 N–H and O–H groups in total. The molecule has 0 aromatic rings. The highest BCUT2D eigenvalue weighted by atomic mass is 16.2. The molecule has 2 aliphatic rings. The topological polar surface area (TPSA) is 32.3 Å². The van der Waals surface area contributed by atoms with Gasteiger partial charge in [-0.2, -0.15) is 0 Å². The summed E-state index contributed by atoms with van der Waals surface area (Å²) in [5, 5.41) is 3.42. The minimum absolute atomic E-state index is 0.384. The molecule has 3 heteroatoms. The Kier molecular flexibility index (Phi) is 3.06. The lowest BCUT2D eigenvalue weighted by atomic mass is 9.84. The first-order chi connectivity index (χ1) is 6.83. The number of likely N-dealkylation sites (tertiary alicyclic amines) is 1. The van der Waals surface area contributed by atoms with Crippen LogP contribution < -0.4 is 5.32 Å². The van der Waals surface area contributed by atoms with E-state index in [2.05, 4.69) is 17.1 Å². The fraction of sp³-hybridized carbons (Fsp3) is 0.909. The summed E-state index contributed by atoms with van der Waals surface area (Å²) in [5.41, 5.74) is 0. The van der Waals surface area contributed by atoms with Crippen LogP contribution in [-0.4, -0.2) is 36.5 Å². The molecule has 0 radical (unpaired) electrons. The smallest absolute Gasteiger partial charge is 0.222 e. The zero-order valence-corrected chi connectivity index (χ0v) is 8.96. The number of hydrogen-bond acceptors (Lipinski definition) is 2. The summed E-state index contributed by atoms with van der Waals surface area (Å²) in [6.07, 6.45) is 4.10. The predicted octanol–water partition coefficient (Wildman–Crippen LogP) is 0.997. The molecular formula is C11H20N2O. The average molecular weight is 196 g/mol. The van der Waals surface area contributed by atoms with Gasteiger partial charge in [0.25, 0.3) is 0 Å². The first-order valence-electron chi connectivity index (χ1n) is 5.83. The molecule has 14 heavy (non-hydrogen) atoms. The van der Waals surface area contributed by atoms with Gasteiger partial charge in [-0.15, -0.1) is 0 Å². The number of carbonyl (C=O) groups excluding carboxylic acids is 1. The van der Waals surface area contributed by atoms with Crippen molar-refractivity contribution in [2.45, 2.75) is 38.6 Å². The number of hydrogen-bond donors (Lipinski definition) is 1. The molecular weight excluding hydrogens is 176 g/mol. The summed E-state index contributed by atoms with van der Waals surface area (Å²) in [6, 6.07) is 0.539. The number of fused-ring (bicyclic) bond motifs is 1. The van der Waals surface area contributed by atoms with Crippen molar-refractivity contribution in [1.29, 1.82) is 0 Å². The molecule has 3 nitrogen and oxygen atoms in total. The zero-order chi connectivity index (χ0) is 9.97. The first kappa shape index (κ1) is 9.97. The van der Waals surface area contributed by atoms with Gasteiger partial charge < -0.3 is 10.2 Å². The number of nitrogens with zero attached hydrogens (tertiary/aromatic N) is 1. The molecule has 2 rings (SSSR count). The van der Waals surface area contributed by atoms with Gasteiger partial charge in [-0.25, -0.2) is 0 Å². The van der Waals surface area contributed by atoms with Gasteiger partial charge in [-0.1, -0.05) is 6.92 Å². The van der Waals surface area contributed by atoms with Crippen LogP contribution in [0.25, 0.3) is 0 Å². The van der Waals surface area contributed by atoms with E-state index >= 15 is 0 Å². The van der Waals surface area contributed by atoms with E-state index in [-0.39, 0.29) is 0 Å². The lowest BCUT2D eigenvalue weighted by molar-refractivity contribution is -0.139. The van der Waals surface area contributed by atoms with E-state index < -0.39 is 0 Å². The highest BCUT2D eigenvalue weighted by Crippen LogP contribution is 2.28. The first-order valence-corrected chi connectivity index (χ1v) is 5.83. The number of nitrogens with one attached hydrogen (secondary N) is 1. The lowest BCUT2D eigenvalue weighted by Crippen LogP contribution is -2.55. The second-order valence-electron chi connectivity index (χ2n) is 4.45. The van der Waals surface area contributed by atoms with Gasteiger partial charge in [0.2, 0.25) is 5.91 Å². The van der Waals surface area contributed by atoms with Crippen LogP contribution in [0.1, 0.15) is 32.6 Å². The maximum atomic E-state index is 11.7. The molecule has 0 saturated carbocycles. The van der Waals surface area contributed by atoms with Crippen molar-refractivity contribution in [3.8, 4) is 0 Å². The van der Waals surface area contributed by atoms with Gasteiger partial charge in [0.15, 0.2) is 0 Å². The quantitative estimate of drug-likeness (QED) is 0.714. The maximum absolute atomic E-state index is 11.7. The molecule has 0 aliphatic carbocycles. The van der Waals surface area contributed by atoms with Crippen molar-refractivity contribution in [2.24, 2.45) is 5.92 Å². The van der Waals surface area contributed by atoms with E-state index in [1.807, 2.05) is 0 Å². The maximum Gasteiger partial charge on any atom is 0.222 e. The van der Waals surface area contributed by atoms with Crippen molar-refractivity contribution >= 4 is 5.91 Å². The van der Waals surface area contributed by atoms with Crippen LogP contribution in [0.3, 0.4) is 0 Å². The van der Waals surface area contributed by atoms with Crippen molar-refractivity contribution < 1.29 is 4.79 Å². The van der Waals surface area contributed by atoms with Crippen molar-refractivity contribution in [3.63, 3.8) is 0 Å². The Balaban J connectivity index is 2.05. The normalized spacial score (nSPS) is 32.9. The minimum Gasteiger partial charge on any atom is -0.339 e. The fourth-order valence-electron chi connectivity index (χ4n) is 2.78. The molecule has 2 heterocycles. The summed E-state index contributed by atoms with van der Waals surface area (Å²) >= 11 is 0. The summed E-state index contributed by atoms with van der Waals surface area (Å²) in [7, 11) is 0. The molecule has 0 aromatic carbocycles. The van der Waals surface area contributed by atoms with Crippen LogP contribution in [-0.2, 0) is 4.79 Å². The SMILES string of the molecule is CCCN1C(=O)CCC2CNCCC21. The van der Waals surface area contributed by atoms with Crippen LogP contribution >= 0.6 is 0 Å². The zero-order valence-electron chi connectivity index (χ0n) is 8.96. The Morgan fingerprint density at radius 1 is 1.50 bits per heavy atom. The molecule has 2 atom stereocenters. The molecule has 2 unspecified atom stereocenters. The Morgan fingerprint density at radius 3 is 3.14 bits per heavy atom.